The number of aromatic nitrogens is 1. The normalized spacial score (nSPS) is 11.8. The van der Waals surface area contributed by atoms with Gasteiger partial charge in [-0.05, 0) is 24.5 Å². The van der Waals surface area contributed by atoms with Gasteiger partial charge in [-0.1, -0.05) is 60.7 Å². The van der Waals surface area contributed by atoms with E-state index in [0.717, 1.165) is 23.0 Å². The highest BCUT2D eigenvalue weighted by Crippen LogP contribution is 2.27. The number of hydrogen-bond donors (Lipinski definition) is 1. The van der Waals surface area contributed by atoms with Crippen molar-refractivity contribution < 1.29 is 9.35 Å². The first kappa shape index (κ1) is 20.4. The van der Waals surface area contributed by atoms with Crippen LogP contribution in [-0.2, 0) is 24.3 Å². The maximum absolute atomic E-state index is 12.3. The fourth-order valence-corrected chi connectivity index (χ4v) is 4.15. The summed E-state index contributed by atoms with van der Waals surface area (Å²) in [5.74, 6) is -0.399. The van der Waals surface area contributed by atoms with Crippen molar-refractivity contribution in [3.8, 4) is 0 Å². The van der Waals surface area contributed by atoms with Crippen molar-refractivity contribution in [2.75, 3.05) is 17.7 Å². The van der Waals surface area contributed by atoms with Crippen LogP contribution >= 0.6 is 11.3 Å². The zero-order valence-corrected chi connectivity index (χ0v) is 17.6. The Bertz CT molecular complexity index is 899. The van der Waals surface area contributed by atoms with Crippen LogP contribution < -0.4 is 9.62 Å². The Morgan fingerprint density at radius 2 is 1.71 bits per heavy atom. The van der Waals surface area contributed by atoms with Crippen LogP contribution in [0.25, 0.3) is 0 Å². The molecule has 0 aliphatic rings. The topological polar surface area (TPSA) is 68.3 Å². The van der Waals surface area contributed by atoms with E-state index in [0.29, 0.717) is 12.2 Å². The third-order valence-corrected chi connectivity index (χ3v) is 5.74. The summed E-state index contributed by atoms with van der Waals surface area (Å²) >= 11 is 0.0731. The highest BCUT2D eigenvalue weighted by molar-refractivity contribution is 7.89. The Morgan fingerprint density at radius 3 is 2.32 bits per heavy atom. The standard InChI is InChI=1S/C21H23N3O2S2/c1-16-19(20(25)23-28(2)26)22-21(27-16)24(15-18-11-7-4-8-12-18)14-13-17-9-5-3-6-10-17/h3-12H,13-15H2,1-2H3,(H,23,25). The summed E-state index contributed by atoms with van der Waals surface area (Å²) in [5, 5.41) is 0.796. The van der Waals surface area contributed by atoms with Gasteiger partial charge in [0.15, 0.2) is 5.13 Å². The molecule has 0 radical (unpaired) electrons. The number of amides is 1. The average Bonchev–Trinajstić information content (AvgIpc) is 3.08. The quantitative estimate of drug-likeness (QED) is 0.572. The fourth-order valence-electron chi connectivity index (χ4n) is 2.86. The molecule has 0 spiro atoms. The summed E-state index contributed by atoms with van der Waals surface area (Å²) in [5.41, 5.74) is 2.78. The van der Waals surface area contributed by atoms with Crippen LogP contribution in [0.3, 0.4) is 0 Å². The van der Waals surface area contributed by atoms with Crippen LogP contribution in [0, 0.1) is 6.92 Å². The molecule has 0 bridgehead atoms. The van der Waals surface area contributed by atoms with E-state index in [1.807, 2.05) is 43.3 Å². The lowest BCUT2D eigenvalue weighted by Crippen LogP contribution is -2.30. The molecule has 146 valence electrons. The minimum Gasteiger partial charge on any atom is -0.593 e. The van der Waals surface area contributed by atoms with Crippen molar-refractivity contribution in [1.82, 2.24) is 9.71 Å². The first-order valence-corrected chi connectivity index (χ1v) is 11.3. The molecule has 1 atom stereocenters. The highest BCUT2D eigenvalue weighted by atomic mass is 32.2. The molecule has 0 aliphatic carbocycles. The summed E-state index contributed by atoms with van der Waals surface area (Å²) in [7, 11) is 0. The molecule has 3 aromatic rings. The van der Waals surface area contributed by atoms with E-state index in [9.17, 15) is 9.35 Å². The van der Waals surface area contributed by atoms with E-state index in [1.165, 1.54) is 28.7 Å². The Morgan fingerprint density at radius 1 is 1.11 bits per heavy atom. The number of benzene rings is 2. The van der Waals surface area contributed by atoms with Gasteiger partial charge in [-0.3, -0.25) is 4.79 Å². The Labute approximate surface area is 172 Å². The lowest BCUT2D eigenvalue weighted by molar-refractivity contribution is 0.0977. The molecule has 5 nitrogen and oxygen atoms in total. The maximum atomic E-state index is 12.3. The van der Waals surface area contributed by atoms with Crippen LogP contribution in [0.4, 0.5) is 5.13 Å². The van der Waals surface area contributed by atoms with Gasteiger partial charge in [0.1, 0.15) is 11.9 Å². The molecule has 1 unspecified atom stereocenters. The number of aryl methyl sites for hydroxylation is 1. The number of nitrogens with one attached hydrogen (secondary N) is 1. The number of hydrogen-bond acceptors (Lipinski definition) is 5. The van der Waals surface area contributed by atoms with Crippen LogP contribution in [0.2, 0.25) is 0 Å². The molecule has 28 heavy (non-hydrogen) atoms. The second-order valence-corrected chi connectivity index (χ2v) is 8.72. The molecular formula is C21H23N3O2S2. The maximum Gasteiger partial charge on any atom is 0.311 e. The van der Waals surface area contributed by atoms with Gasteiger partial charge in [-0.2, -0.15) is 4.72 Å². The zero-order chi connectivity index (χ0) is 19.9. The first-order valence-electron chi connectivity index (χ1n) is 8.97. The van der Waals surface area contributed by atoms with Gasteiger partial charge in [0, 0.05) is 18.0 Å². The molecule has 2 aromatic carbocycles. The summed E-state index contributed by atoms with van der Waals surface area (Å²) in [6.07, 6.45) is 2.31. The third kappa shape index (κ3) is 5.58. The molecular weight excluding hydrogens is 390 g/mol. The van der Waals surface area contributed by atoms with Crippen LogP contribution in [0.15, 0.2) is 60.7 Å². The van der Waals surface area contributed by atoms with Crippen LogP contribution in [-0.4, -0.2) is 28.2 Å². The highest BCUT2D eigenvalue weighted by Gasteiger charge is 2.21. The minimum absolute atomic E-state index is 0.341. The van der Waals surface area contributed by atoms with E-state index >= 15 is 0 Å². The zero-order valence-electron chi connectivity index (χ0n) is 15.9. The summed E-state index contributed by atoms with van der Waals surface area (Å²) in [6, 6.07) is 20.5. The van der Waals surface area contributed by atoms with Gasteiger partial charge in [0.05, 0.1) is 11.4 Å². The van der Waals surface area contributed by atoms with Gasteiger partial charge < -0.3 is 9.45 Å². The van der Waals surface area contributed by atoms with Gasteiger partial charge in [0.2, 0.25) is 0 Å². The van der Waals surface area contributed by atoms with Crippen molar-refractivity contribution in [2.24, 2.45) is 0 Å². The third-order valence-electron chi connectivity index (χ3n) is 4.24. The van der Waals surface area contributed by atoms with Crippen molar-refractivity contribution in [3.63, 3.8) is 0 Å². The lowest BCUT2D eigenvalue weighted by Gasteiger charge is -2.22. The van der Waals surface area contributed by atoms with Gasteiger partial charge in [-0.15, -0.1) is 11.3 Å². The Hall–Kier alpha value is -2.35. The van der Waals surface area contributed by atoms with Crippen molar-refractivity contribution in [3.05, 3.63) is 82.4 Å². The van der Waals surface area contributed by atoms with Crippen LogP contribution in [0.5, 0.6) is 0 Å². The second-order valence-electron chi connectivity index (χ2n) is 6.43. The number of anilines is 1. The van der Waals surface area contributed by atoms with E-state index in [2.05, 4.69) is 38.9 Å². The predicted molar refractivity (Wildman–Crippen MR) is 116 cm³/mol. The summed E-state index contributed by atoms with van der Waals surface area (Å²) in [6.45, 7) is 3.36. The summed E-state index contributed by atoms with van der Waals surface area (Å²) < 4.78 is 13.7. The number of carbonyl (C=O) groups excluding carboxylic acids is 1. The van der Waals surface area contributed by atoms with E-state index in [4.69, 9.17) is 0 Å². The average molecular weight is 414 g/mol. The first-order chi connectivity index (χ1) is 13.5. The number of carbonyl (C=O) groups is 1. The number of rotatable bonds is 8. The van der Waals surface area contributed by atoms with Crippen LogP contribution in [0.1, 0.15) is 26.5 Å². The Balaban J connectivity index is 1.82. The molecule has 1 heterocycles. The van der Waals surface area contributed by atoms with Gasteiger partial charge in [-0.25, -0.2) is 4.98 Å². The van der Waals surface area contributed by atoms with E-state index in [-0.39, 0.29) is 0 Å². The smallest absolute Gasteiger partial charge is 0.311 e. The molecule has 7 heteroatoms. The lowest BCUT2D eigenvalue weighted by atomic mass is 10.1. The number of nitrogens with zero attached hydrogens (tertiary/aromatic N) is 2. The largest absolute Gasteiger partial charge is 0.593 e. The van der Waals surface area contributed by atoms with Crippen molar-refractivity contribution >= 4 is 33.7 Å². The Kier molecular flexibility index (Phi) is 7.08. The molecule has 0 saturated carbocycles. The molecule has 1 amide bonds. The van der Waals surface area contributed by atoms with Crippen molar-refractivity contribution in [2.45, 2.75) is 19.9 Å². The fraction of sp³-hybridized carbons (Fsp3) is 0.238. The van der Waals surface area contributed by atoms with Crippen molar-refractivity contribution in [1.29, 1.82) is 0 Å². The SMILES string of the molecule is Cc1sc(N(CCc2ccccc2)Cc2ccccc2)nc1C(=O)N[S+](C)[O-]. The van der Waals surface area contributed by atoms with Gasteiger partial charge >= 0.3 is 5.91 Å². The second kappa shape index (κ2) is 9.73. The molecule has 0 saturated heterocycles. The molecule has 0 fully saturated rings. The molecule has 1 aromatic heterocycles. The number of thiazole rings is 1. The van der Waals surface area contributed by atoms with E-state index in [1.54, 1.807) is 0 Å². The predicted octanol–water partition coefficient (Wildman–Crippen LogP) is 3.72. The molecule has 3 rings (SSSR count). The van der Waals surface area contributed by atoms with E-state index < -0.39 is 17.3 Å². The van der Waals surface area contributed by atoms with Gasteiger partial charge in [0.25, 0.3) is 0 Å². The molecule has 0 aliphatic heterocycles. The summed E-state index contributed by atoms with van der Waals surface area (Å²) in [4.78, 5) is 19.9. The monoisotopic (exact) mass is 413 g/mol. The molecule has 1 N–H and O–H groups in total. The minimum atomic E-state index is -1.41.